The second kappa shape index (κ2) is 7.49. The molecule has 2 nitrogen and oxygen atoms in total. The van der Waals surface area contributed by atoms with Crippen molar-refractivity contribution in [1.82, 2.24) is 0 Å². The van der Waals surface area contributed by atoms with Crippen molar-refractivity contribution in [3.05, 3.63) is 0 Å². The predicted molar refractivity (Wildman–Crippen MR) is 74.4 cm³/mol. The quantitative estimate of drug-likeness (QED) is 0.786. The molecule has 2 heteroatoms. The average molecular weight is 254 g/mol. The molecule has 0 aromatic heterocycles. The van der Waals surface area contributed by atoms with Crippen LogP contribution in [-0.2, 0) is 0 Å². The second-order valence-corrected chi connectivity index (χ2v) is 6.51. The molecule has 0 aliphatic heterocycles. The lowest BCUT2D eigenvalue weighted by atomic mass is 9.80. The van der Waals surface area contributed by atoms with Gasteiger partial charge in [-0.1, -0.05) is 38.5 Å². The Hall–Kier alpha value is -0.0800. The van der Waals surface area contributed by atoms with Crippen LogP contribution in [0, 0.1) is 11.8 Å². The molecule has 2 fully saturated rings. The van der Waals surface area contributed by atoms with Gasteiger partial charge < -0.3 is 10.2 Å². The summed E-state index contributed by atoms with van der Waals surface area (Å²) in [5, 5.41) is 20.4. The Labute approximate surface area is 112 Å². The van der Waals surface area contributed by atoms with Crippen LogP contribution in [0.1, 0.15) is 77.0 Å². The Morgan fingerprint density at radius 2 is 0.944 bits per heavy atom. The van der Waals surface area contributed by atoms with Crippen molar-refractivity contribution >= 4 is 0 Å². The van der Waals surface area contributed by atoms with E-state index in [1.165, 1.54) is 64.2 Å². The molecule has 2 atom stereocenters. The smallest absolute Gasteiger partial charge is 0.0569 e. The van der Waals surface area contributed by atoms with E-state index in [4.69, 9.17) is 0 Å². The molecule has 0 aromatic rings. The van der Waals surface area contributed by atoms with Crippen molar-refractivity contribution in [1.29, 1.82) is 0 Å². The summed E-state index contributed by atoms with van der Waals surface area (Å²) in [6.07, 6.45) is 13.9. The molecule has 0 amide bonds. The van der Waals surface area contributed by atoms with Gasteiger partial charge in [-0.15, -0.1) is 0 Å². The molecule has 2 aliphatic carbocycles. The number of aliphatic hydroxyl groups is 2. The van der Waals surface area contributed by atoms with Crippen LogP contribution >= 0.6 is 0 Å². The van der Waals surface area contributed by atoms with E-state index in [-0.39, 0.29) is 12.2 Å². The minimum Gasteiger partial charge on any atom is -0.393 e. The first-order valence-corrected chi connectivity index (χ1v) is 8.13. The molecule has 18 heavy (non-hydrogen) atoms. The van der Waals surface area contributed by atoms with E-state index < -0.39 is 0 Å². The molecule has 0 spiro atoms. The summed E-state index contributed by atoms with van der Waals surface area (Å²) in [7, 11) is 0. The maximum Gasteiger partial charge on any atom is 0.0569 e. The van der Waals surface area contributed by atoms with Crippen LogP contribution in [-0.4, -0.2) is 22.4 Å². The molecule has 2 aliphatic rings. The maximum atomic E-state index is 10.2. The summed E-state index contributed by atoms with van der Waals surface area (Å²) >= 11 is 0. The third kappa shape index (κ3) is 4.24. The fraction of sp³-hybridized carbons (Fsp3) is 1.00. The SMILES string of the molecule is O[C@@H](CC[C@H](O)C1CCCCC1)C1CCCCC1. The van der Waals surface area contributed by atoms with Crippen molar-refractivity contribution in [2.45, 2.75) is 89.3 Å². The molecule has 106 valence electrons. The fourth-order valence-corrected chi connectivity index (χ4v) is 3.85. The van der Waals surface area contributed by atoms with Gasteiger partial charge in [-0.05, 0) is 50.4 Å². The first-order valence-electron chi connectivity index (χ1n) is 8.13. The van der Waals surface area contributed by atoms with Crippen LogP contribution in [0.25, 0.3) is 0 Å². The molecular formula is C16H30O2. The van der Waals surface area contributed by atoms with Gasteiger partial charge in [0.25, 0.3) is 0 Å². The van der Waals surface area contributed by atoms with Gasteiger partial charge in [-0.25, -0.2) is 0 Å². The Morgan fingerprint density at radius 3 is 1.28 bits per heavy atom. The first kappa shape index (κ1) is 14.3. The fourth-order valence-electron chi connectivity index (χ4n) is 3.85. The van der Waals surface area contributed by atoms with E-state index in [9.17, 15) is 10.2 Å². The Bertz CT molecular complexity index is 193. The molecule has 2 saturated carbocycles. The number of hydrogen-bond donors (Lipinski definition) is 2. The van der Waals surface area contributed by atoms with Crippen LogP contribution in [0.2, 0.25) is 0 Å². The van der Waals surface area contributed by atoms with Crippen molar-refractivity contribution in [3.63, 3.8) is 0 Å². The van der Waals surface area contributed by atoms with Gasteiger partial charge in [0.05, 0.1) is 12.2 Å². The zero-order valence-electron chi connectivity index (χ0n) is 11.7. The lowest BCUT2D eigenvalue weighted by Crippen LogP contribution is -2.27. The minimum absolute atomic E-state index is 0.163. The van der Waals surface area contributed by atoms with Gasteiger partial charge in [0.1, 0.15) is 0 Å². The van der Waals surface area contributed by atoms with E-state index >= 15 is 0 Å². The Kier molecular flexibility index (Phi) is 5.97. The van der Waals surface area contributed by atoms with E-state index in [0.29, 0.717) is 11.8 Å². The molecule has 0 bridgehead atoms. The standard InChI is InChI=1S/C16H30O2/c17-15(13-7-3-1-4-8-13)11-12-16(18)14-9-5-2-6-10-14/h13-18H,1-12H2/t15-,16-/m0/s1. The molecule has 0 radical (unpaired) electrons. The summed E-state index contributed by atoms with van der Waals surface area (Å²) < 4.78 is 0. The third-order valence-corrected chi connectivity index (χ3v) is 5.15. The summed E-state index contributed by atoms with van der Waals surface area (Å²) in [5.41, 5.74) is 0. The molecule has 2 N–H and O–H groups in total. The normalized spacial score (nSPS) is 27.0. The van der Waals surface area contributed by atoms with Gasteiger partial charge >= 0.3 is 0 Å². The highest BCUT2D eigenvalue weighted by Crippen LogP contribution is 2.31. The van der Waals surface area contributed by atoms with Gasteiger partial charge in [-0.3, -0.25) is 0 Å². The zero-order valence-corrected chi connectivity index (χ0v) is 11.7. The summed E-state index contributed by atoms with van der Waals surface area (Å²) in [6, 6.07) is 0. The van der Waals surface area contributed by atoms with Gasteiger partial charge in [0, 0.05) is 0 Å². The van der Waals surface area contributed by atoms with E-state index in [1.807, 2.05) is 0 Å². The number of hydrogen-bond acceptors (Lipinski definition) is 2. The van der Waals surface area contributed by atoms with Crippen LogP contribution in [0.15, 0.2) is 0 Å². The summed E-state index contributed by atoms with van der Waals surface area (Å²) in [4.78, 5) is 0. The largest absolute Gasteiger partial charge is 0.393 e. The van der Waals surface area contributed by atoms with E-state index in [1.54, 1.807) is 0 Å². The van der Waals surface area contributed by atoms with Crippen LogP contribution < -0.4 is 0 Å². The maximum absolute atomic E-state index is 10.2. The summed E-state index contributed by atoms with van der Waals surface area (Å²) in [5.74, 6) is 1.02. The van der Waals surface area contributed by atoms with E-state index in [2.05, 4.69) is 0 Å². The van der Waals surface area contributed by atoms with E-state index in [0.717, 1.165) is 12.8 Å². The van der Waals surface area contributed by atoms with Crippen LogP contribution in [0.5, 0.6) is 0 Å². The highest BCUT2D eigenvalue weighted by atomic mass is 16.3. The van der Waals surface area contributed by atoms with Gasteiger partial charge in [-0.2, -0.15) is 0 Å². The van der Waals surface area contributed by atoms with Crippen molar-refractivity contribution < 1.29 is 10.2 Å². The van der Waals surface area contributed by atoms with Crippen LogP contribution in [0.3, 0.4) is 0 Å². The predicted octanol–water partition coefficient (Wildman–Crippen LogP) is 3.65. The molecule has 0 saturated heterocycles. The van der Waals surface area contributed by atoms with Crippen molar-refractivity contribution in [2.24, 2.45) is 11.8 Å². The lowest BCUT2D eigenvalue weighted by molar-refractivity contribution is 0.0341. The first-order chi connectivity index (χ1) is 8.77. The summed E-state index contributed by atoms with van der Waals surface area (Å²) in [6.45, 7) is 0. The Morgan fingerprint density at radius 1 is 0.611 bits per heavy atom. The monoisotopic (exact) mass is 254 g/mol. The molecule has 0 unspecified atom stereocenters. The highest BCUT2D eigenvalue weighted by Gasteiger charge is 2.25. The van der Waals surface area contributed by atoms with Gasteiger partial charge in [0.15, 0.2) is 0 Å². The van der Waals surface area contributed by atoms with Gasteiger partial charge in [0.2, 0.25) is 0 Å². The average Bonchev–Trinajstić information content (AvgIpc) is 2.46. The topological polar surface area (TPSA) is 40.5 Å². The molecular weight excluding hydrogens is 224 g/mol. The Balaban J connectivity index is 1.66. The zero-order chi connectivity index (χ0) is 12.8. The molecule has 2 rings (SSSR count). The highest BCUT2D eigenvalue weighted by molar-refractivity contribution is 4.77. The van der Waals surface area contributed by atoms with Crippen molar-refractivity contribution in [3.8, 4) is 0 Å². The third-order valence-electron chi connectivity index (χ3n) is 5.15. The molecule has 0 heterocycles. The number of rotatable bonds is 5. The van der Waals surface area contributed by atoms with Crippen LogP contribution in [0.4, 0.5) is 0 Å². The second-order valence-electron chi connectivity index (χ2n) is 6.51. The lowest BCUT2D eigenvalue weighted by Gasteiger charge is -2.30. The van der Waals surface area contributed by atoms with Crippen molar-refractivity contribution in [2.75, 3.05) is 0 Å². The minimum atomic E-state index is -0.163. The number of aliphatic hydroxyl groups excluding tert-OH is 2. The molecule has 0 aromatic carbocycles.